The van der Waals surface area contributed by atoms with Crippen LogP contribution in [0.25, 0.3) is 10.4 Å². The quantitative estimate of drug-likeness (QED) is 0.933. The van der Waals surface area contributed by atoms with Gasteiger partial charge in [0.2, 0.25) is 0 Å². The first-order chi connectivity index (χ1) is 7.81. The second-order valence-electron chi connectivity index (χ2n) is 3.31. The molecule has 2 heterocycles. The van der Waals surface area contributed by atoms with Crippen LogP contribution in [0, 0.1) is 0 Å². The average Bonchev–Trinajstić information content (AvgIpc) is 2.75. The van der Waals surface area contributed by atoms with Gasteiger partial charge in [-0.15, -0.1) is 0 Å². The van der Waals surface area contributed by atoms with Crippen molar-refractivity contribution in [3.05, 3.63) is 29.1 Å². The zero-order valence-electron chi connectivity index (χ0n) is 8.90. The first-order valence-electron chi connectivity index (χ1n) is 5.11. The molecule has 0 aliphatic carbocycles. The van der Waals surface area contributed by atoms with Crippen molar-refractivity contribution in [2.45, 2.75) is 13.3 Å². The zero-order chi connectivity index (χ0) is 11.4. The van der Waals surface area contributed by atoms with E-state index in [0.717, 1.165) is 33.0 Å². The molecule has 0 aliphatic heterocycles. The molecule has 0 unspecified atom stereocenters. The Kier molecular flexibility index (Phi) is 3.90. The minimum absolute atomic E-state index is 0.963. The van der Waals surface area contributed by atoms with Gasteiger partial charge < -0.3 is 5.32 Å². The van der Waals surface area contributed by atoms with Crippen molar-refractivity contribution < 1.29 is 0 Å². The average molecular weight is 298 g/mol. The van der Waals surface area contributed by atoms with Crippen molar-refractivity contribution in [1.29, 1.82) is 0 Å². The molecule has 0 aromatic carbocycles. The molecule has 0 bridgehead atoms. The third kappa shape index (κ3) is 2.59. The number of hydrogen-bond acceptors (Lipinski definition) is 4. The van der Waals surface area contributed by atoms with Crippen LogP contribution in [-0.2, 0) is 0 Å². The lowest BCUT2D eigenvalue weighted by Crippen LogP contribution is -1.97. The lowest BCUT2D eigenvalue weighted by atomic mass is 10.2. The van der Waals surface area contributed by atoms with Crippen LogP contribution >= 0.6 is 27.3 Å². The van der Waals surface area contributed by atoms with Gasteiger partial charge in [-0.3, -0.25) is 4.98 Å². The van der Waals surface area contributed by atoms with E-state index < -0.39 is 0 Å². The molecule has 0 saturated carbocycles. The highest BCUT2D eigenvalue weighted by atomic mass is 79.9. The van der Waals surface area contributed by atoms with E-state index in [1.807, 2.05) is 12.3 Å². The number of nitrogens with zero attached hydrogens (tertiary/aromatic N) is 2. The monoisotopic (exact) mass is 297 g/mol. The van der Waals surface area contributed by atoms with Gasteiger partial charge >= 0.3 is 0 Å². The van der Waals surface area contributed by atoms with E-state index in [0.29, 0.717) is 0 Å². The lowest BCUT2D eigenvalue weighted by Gasteiger charge is -1.99. The number of pyridine rings is 1. The second-order valence-corrected chi connectivity index (χ2v) is 5.20. The minimum atomic E-state index is 0.963. The van der Waals surface area contributed by atoms with Crippen LogP contribution in [0.2, 0.25) is 0 Å². The molecule has 2 rings (SSSR count). The lowest BCUT2D eigenvalue weighted by molar-refractivity contribution is 0.976. The molecule has 5 heteroatoms. The number of halogens is 1. The zero-order valence-corrected chi connectivity index (χ0v) is 11.3. The van der Waals surface area contributed by atoms with E-state index in [9.17, 15) is 0 Å². The van der Waals surface area contributed by atoms with Gasteiger partial charge in [0.25, 0.3) is 0 Å². The molecule has 2 aromatic heterocycles. The first kappa shape index (κ1) is 11.5. The van der Waals surface area contributed by atoms with Gasteiger partial charge in [0.15, 0.2) is 5.13 Å². The summed E-state index contributed by atoms with van der Waals surface area (Å²) in [5.74, 6) is 0. The van der Waals surface area contributed by atoms with Crippen molar-refractivity contribution in [2.24, 2.45) is 0 Å². The fourth-order valence-electron chi connectivity index (χ4n) is 1.29. The van der Waals surface area contributed by atoms with Crippen LogP contribution in [0.3, 0.4) is 0 Å². The van der Waals surface area contributed by atoms with Gasteiger partial charge in [0.05, 0.1) is 4.88 Å². The second kappa shape index (κ2) is 5.41. The topological polar surface area (TPSA) is 37.8 Å². The Morgan fingerprint density at radius 2 is 2.31 bits per heavy atom. The van der Waals surface area contributed by atoms with Gasteiger partial charge in [-0.05, 0) is 28.4 Å². The van der Waals surface area contributed by atoms with Crippen molar-refractivity contribution in [3.8, 4) is 10.4 Å². The molecule has 0 saturated heterocycles. The maximum atomic E-state index is 4.34. The highest BCUT2D eigenvalue weighted by Crippen LogP contribution is 2.33. The van der Waals surface area contributed by atoms with Gasteiger partial charge in [-0.25, -0.2) is 4.98 Å². The van der Waals surface area contributed by atoms with E-state index >= 15 is 0 Å². The number of aromatic nitrogens is 2. The number of thiazole rings is 1. The Balaban J connectivity index is 2.22. The Bertz CT molecular complexity index is 470. The van der Waals surface area contributed by atoms with Crippen molar-refractivity contribution in [1.82, 2.24) is 9.97 Å². The fraction of sp³-hybridized carbons (Fsp3) is 0.273. The van der Waals surface area contributed by atoms with Crippen LogP contribution in [-0.4, -0.2) is 16.5 Å². The standard InChI is InChI=1S/C11H12BrN3S/c1-2-4-14-11-15-7-10(16-11)8-3-5-13-6-9(8)12/h3,5-7H,2,4H2,1H3,(H,14,15). The highest BCUT2D eigenvalue weighted by Gasteiger charge is 2.06. The van der Waals surface area contributed by atoms with E-state index in [1.165, 1.54) is 0 Å². The molecule has 16 heavy (non-hydrogen) atoms. The number of hydrogen-bond donors (Lipinski definition) is 1. The van der Waals surface area contributed by atoms with Gasteiger partial charge in [0.1, 0.15) is 0 Å². The van der Waals surface area contributed by atoms with E-state index in [1.54, 1.807) is 23.7 Å². The predicted octanol–water partition coefficient (Wildman–Crippen LogP) is 3.79. The third-order valence-electron chi connectivity index (χ3n) is 2.07. The van der Waals surface area contributed by atoms with Crippen molar-refractivity contribution in [2.75, 3.05) is 11.9 Å². The molecule has 0 radical (unpaired) electrons. The molecular weight excluding hydrogens is 286 g/mol. The molecule has 3 nitrogen and oxygen atoms in total. The summed E-state index contributed by atoms with van der Waals surface area (Å²) in [4.78, 5) is 9.53. The normalized spacial score (nSPS) is 10.4. The summed E-state index contributed by atoms with van der Waals surface area (Å²) in [6.07, 6.45) is 6.59. The number of anilines is 1. The van der Waals surface area contributed by atoms with Crippen LogP contribution in [0.1, 0.15) is 13.3 Å². The largest absolute Gasteiger partial charge is 0.362 e. The fourth-order valence-corrected chi connectivity index (χ4v) is 2.76. The molecule has 0 aliphatic rings. The van der Waals surface area contributed by atoms with Gasteiger partial charge in [-0.1, -0.05) is 18.3 Å². The summed E-state index contributed by atoms with van der Waals surface area (Å²) in [5.41, 5.74) is 1.14. The molecule has 0 amide bonds. The van der Waals surface area contributed by atoms with Gasteiger partial charge in [0, 0.05) is 35.2 Å². The molecule has 0 atom stereocenters. The SMILES string of the molecule is CCCNc1ncc(-c2ccncc2Br)s1. The smallest absolute Gasteiger partial charge is 0.183 e. The van der Waals surface area contributed by atoms with Crippen LogP contribution in [0.4, 0.5) is 5.13 Å². The summed E-state index contributed by atoms with van der Waals surface area (Å²) in [5, 5.41) is 4.25. The summed E-state index contributed by atoms with van der Waals surface area (Å²) in [7, 11) is 0. The predicted molar refractivity (Wildman–Crippen MR) is 71.8 cm³/mol. The van der Waals surface area contributed by atoms with Crippen molar-refractivity contribution >= 4 is 32.4 Å². The molecule has 0 fully saturated rings. The van der Waals surface area contributed by atoms with E-state index in [2.05, 4.69) is 38.1 Å². The van der Waals surface area contributed by atoms with Crippen molar-refractivity contribution in [3.63, 3.8) is 0 Å². The minimum Gasteiger partial charge on any atom is -0.362 e. The maximum Gasteiger partial charge on any atom is 0.183 e. The number of rotatable bonds is 4. The molecule has 0 spiro atoms. The third-order valence-corrected chi connectivity index (χ3v) is 3.69. The van der Waals surface area contributed by atoms with Crippen LogP contribution < -0.4 is 5.32 Å². The van der Waals surface area contributed by atoms with Crippen LogP contribution in [0.5, 0.6) is 0 Å². The molecule has 1 N–H and O–H groups in total. The summed E-state index contributed by atoms with van der Waals surface area (Å²) < 4.78 is 1.00. The summed E-state index contributed by atoms with van der Waals surface area (Å²) >= 11 is 5.15. The van der Waals surface area contributed by atoms with E-state index in [4.69, 9.17) is 0 Å². The van der Waals surface area contributed by atoms with Gasteiger partial charge in [-0.2, -0.15) is 0 Å². The summed E-state index contributed by atoms with van der Waals surface area (Å²) in [6, 6.07) is 1.99. The van der Waals surface area contributed by atoms with E-state index in [-0.39, 0.29) is 0 Å². The Morgan fingerprint density at radius 3 is 3.06 bits per heavy atom. The summed E-state index contributed by atoms with van der Waals surface area (Å²) in [6.45, 7) is 3.10. The highest BCUT2D eigenvalue weighted by molar-refractivity contribution is 9.10. The number of nitrogens with one attached hydrogen (secondary N) is 1. The van der Waals surface area contributed by atoms with Crippen LogP contribution in [0.15, 0.2) is 29.1 Å². The first-order valence-corrected chi connectivity index (χ1v) is 6.71. The Hall–Kier alpha value is -0.940. The molecular formula is C11H12BrN3S. The Labute approximate surface area is 107 Å². The molecule has 2 aromatic rings. The molecule has 84 valence electrons. The Morgan fingerprint density at radius 1 is 1.44 bits per heavy atom. The maximum absolute atomic E-state index is 4.34.